The van der Waals surface area contributed by atoms with E-state index >= 15 is 0 Å². The van der Waals surface area contributed by atoms with Crippen LogP contribution in [0.4, 0.5) is 4.39 Å². The summed E-state index contributed by atoms with van der Waals surface area (Å²) in [5, 5.41) is 4.40. The van der Waals surface area contributed by atoms with Crippen molar-refractivity contribution in [2.45, 2.75) is 12.5 Å². The van der Waals surface area contributed by atoms with E-state index in [1.54, 1.807) is 12.1 Å². The zero-order chi connectivity index (χ0) is 14.7. The molecule has 0 aliphatic heterocycles. The Bertz CT molecular complexity index is 599. The van der Waals surface area contributed by atoms with Gasteiger partial charge in [-0.1, -0.05) is 45.2 Å². The molecule has 2 rings (SSSR count). The van der Waals surface area contributed by atoms with E-state index in [0.717, 1.165) is 15.6 Å². The highest BCUT2D eigenvalue weighted by atomic mass is 79.9. The largest absolute Gasteiger partial charge is 0.313 e. The smallest absolute Gasteiger partial charge is 0.124 e. The molecular weight excluding hydrogens is 364 g/mol. The van der Waals surface area contributed by atoms with E-state index in [1.165, 1.54) is 12.1 Å². The fourth-order valence-corrected chi connectivity index (χ4v) is 3.17. The van der Waals surface area contributed by atoms with E-state index < -0.39 is 0 Å². The molecule has 0 aliphatic carbocycles. The van der Waals surface area contributed by atoms with E-state index in [1.807, 2.05) is 19.2 Å². The van der Waals surface area contributed by atoms with E-state index in [-0.39, 0.29) is 11.9 Å². The lowest BCUT2D eigenvalue weighted by Crippen LogP contribution is -2.19. The van der Waals surface area contributed by atoms with Gasteiger partial charge >= 0.3 is 0 Å². The first-order valence-corrected chi connectivity index (χ1v) is 7.61. The first kappa shape index (κ1) is 15.8. The molecule has 0 spiro atoms. The summed E-state index contributed by atoms with van der Waals surface area (Å²) >= 11 is 15.4. The van der Waals surface area contributed by atoms with E-state index in [0.29, 0.717) is 16.5 Å². The molecule has 0 aromatic heterocycles. The van der Waals surface area contributed by atoms with Gasteiger partial charge in [0.05, 0.1) is 0 Å². The van der Waals surface area contributed by atoms with Crippen LogP contribution < -0.4 is 5.32 Å². The molecule has 0 radical (unpaired) electrons. The van der Waals surface area contributed by atoms with Gasteiger partial charge in [-0.05, 0) is 54.9 Å². The Morgan fingerprint density at radius 3 is 2.55 bits per heavy atom. The molecule has 0 saturated carbocycles. The zero-order valence-electron chi connectivity index (χ0n) is 10.8. The van der Waals surface area contributed by atoms with Gasteiger partial charge in [-0.3, -0.25) is 0 Å². The van der Waals surface area contributed by atoms with Gasteiger partial charge in [-0.2, -0.15) is 0 Å². The highest BCUT2D eigenvalue weighted by molar-refractivity contribution is 9.10. The predicted octanol–water partition coefficient (Wildman–Crippen LogP) is 5.40. The highest BCUT2D eigenvalue weighted by Crippen LogP contribution is 2.29. The van der Waals surface area contributed by atoms with Crippen molar-refractivity contribution in [3.63, 3.8) is 0 Å². The quantitative estimate of drug-likeness (QED) is 0.753. The van der Waals surface area contributed by atoms with Gasteiger partial charge in [0.1, 0.15) is 5.82 Å². The molecule has 0 bridgehead atoms. The topological polar surface area (TPSA) is 12.0 Å². The van der Waals surface area contributed by atoms with Gasteiger partial charge in [0.15, 0.2) is 0 Å². The van der Waals surface area contributed by atoms with E-state index in [4.69, 9.17) is 23.2 Å². The van der Waals surface area contributed by atoms with Gasteiger partial charge in [-0.15, -0.1) is 0 Å². The summed E-state index contributed by atoms with van der Waals surface area (Å²) in [4.78, 5) is 0. The molecule has 5 heteroatoms. The average molecular weight is 377 g/mol. The number of rotatable bonds is 4. The molecule has 2 aromatic carbocycles. The fourth-order valence-electron chi connectivity index (χ4n) is 2.12. The maximum atomic E-state index is 13.4. The van der Waals surface area contributed by atoms with Gasteiger partial charge < -0.3 is 5.32 Å². The maximum absolute atomic E-state index is 13.4. The van der Waals surface area contributed by atoms with Crippen LogP contribution in [0, 0.1) is 5.82 Å². The van der Waals surface area contributed by atoms with Crippen LogP contribution in [0.1, 0.15) is 17.2 Å². The van der Waals surface area contributed by atoms with Crippen LogP contribution in [0.15, 0.2) is 40.9 Å². The molecule has 106 valence electrons. The number of likely N-dealkylation sites (N-methyl/N-ethyl adjacent to an activating group) is 1. The Kier molecular flexibility index (Phi) is 5.44. The monoisotopic (exact) mass is 375 g/mol. The minimum absolute atomic E-state index is 0.00605. The summed E-state index contributed by atoms with van der Waals surface area (Å²) in [6, 6.07) is 10.3. The van der Waals surface area contributed by atoms with Gasteiger partial charge in [-0.25, -0.2) is 4.39 Å². The number of nitrogens with one attached hydrogen (secondary N) is 1. The number of hydrogen-bond donors (Lipinski definition) is 1. The Morgan fingerprint density at radius 2 is 1.95 bits per heavy atom. The zero-order valence-corrected chi connectivity index (χ0v) is 13.9. The van der Waals surface area contributed by atoms with Crippen molar-refractivity contribution in [2.75, 3.05) is 7.05 Å². The Hall–Kier alpha value is -0.610. The predicted molar refractivity (Wildman–Crippen MR) is 86.1 cm³/mol. The summed E-state index contributed by atoms with van der Waals surface area (Å²) in [6.07, 6.45) is 0.633. The molecular formula is C15H13BrCl2FN. The Labute approximate surface area is 136 Å². The third kappa shape index (κ3) is 3.95. The van der Waals surface area contributed by atoms with Crippen LogP contribution in [-0.4, -0.2) is 7.05 Å². The molecule has 1 N–H and O–H groups in total. The van der Waals surface area contributed by atoms with Crippen LogP contribution >= 0.6 is 39.1 Å². The van der Waals surface area contributed by atoms with Gasteiger partial charge in [0.25, 0.3) is 0 Å². The van der Waals surface area contributed by atoms with Crippen molar-refractivity contribution in [1.29, 1.82) is 0 Å². The second-order valence-electron chi connectivity index (χ2n) is 4.49. The van der Waals surface area contributed by atoms with Crippen molar-refractivity contribution >= 4 is 39.1 Å². The van der Waals surface area contributed by atoms with Crippen molar-refractivity contribution < 1.29 is 4.39 Å². The van der Waals surface area contributed by atoms with Crippen LogP contribution in [0.3, 0.4) is 0 Å². The Balaban J connectivity index is 2.28. The first-order valence-electron chi connectivity index (χ1n) is 6.07. The van der Waals surface area contributed by atoms with Gasteiger partial charge in [0.2, 0.25) is 0 Å². The third-order valence-electron chi connectivity index (χ3n) is 3.05. The normalized spacial score (nSPS) is 12.4. The molecule has 0 saturated heterocycles. The molecule has 1 nitrogen and oxygen atoms in total. The standard InChI is InChI=1S/C15H13BrCl2FN/c1-20-15(13-3-2-11(17)8-14(13)18)6-9-4-10(16)7-12(19)5-9/h2-5,7-8,15,20H,6H2,1H3. The molecule has 0 fully saturated rings. The van der Waals surface area contributed by atoms with Crippen molar-refractivity contribution in [1.82, 2.24) is 5.32 Å². The lowest BCUT2D eigenvalue weighted by atomic mass is 9.99. The summed E-state index contributed by atoms with van der Waals surface area (Å²) in [7, 11) is 1.85. The molecule has 1 atom stereocenters. The van der Waals surface area contributed by atoms with Crippen molar-refractivity contribution in [3.05, 3.63) is 67.9 Å². The molecule has 0 heterocycles. The fraction of sp³-hybridized carbons (Fsp3) is 0.200. The molecule has 1 unspecified atom stereocenters. The molecule has 20 heavy (non-hydrogen) atoms. The number of hydrogen-bond acceptors (Lipinski definition) is 1. The molecule has 0 aliphatic rings. The lowest BCUT2D eigenvalue weighted by Gasteiger charge is -2.18. The summed E-state index contributed by atoms with van der Waals surface area (Å²) < 4.78 is 14.1. The Morgan fingerprint density at radius 1 is 1.20 bits per heavy atom. The van der Waals surface area contributed by atoms with Crippen LogP contribution in [0.2, 0.25) is 10.0 Å². The van der Waals surface area contributed by atoms with Crippen LogP contribution in [0.5, 0.6) is 0 Å². The minimum atomic E-state index is -0.258. The summed E-state index contributed by atoms with van der Waals surface area (Å²) in [5.41, 5.74) is 1.83. The van der Waals surface area contributed by atoms with E-state index in [9.17, 15) is 4.39 Å². The maximum Gasteiger partial charge on any atom is 0.124 e. The summed E-state index contributed by atoms with van der Waals surface area (Å²) in [6.45, 7) is 0. The summed E-state index contributed by atoms with van der Waals surface area (Å²) in [5.74, 6) is -0.258. The molecule has 0 amide bonds. The van der Waals surface area contributed by atoms with Crippen LogP contribution in [0.25, 0.3) is 0 Å². The first-order chi connectivity index (χ1) is 9.49. The molecule has 2 aromatic rings. The lowest BCUT2D eigenvalue weighted by molar-refractivity contribution is 0.584. The second kappa shape index (κ2) is 6.90. The SMILES string of the molecule is CNC(Cc1cc(F)cc(Br)c1)c1ccc(Cl)cc1Cl. The minimum Gasteiger partial charge on any atom is -0.313 e. The number of benzene rings is 2. The van der Waals surface area contributed by atoms with Gasteiger partial charge in [0, 0.05) is 20.6 Å². The number of halogens is 4. The van der Waals surface area contributed by atoms with Crippen molar-refractivity contribution in [2.24, 2.45) is 0 Å². The van der Waals surface area contributed by atoms with Crippen molar-refractivity contribution in [3.8, 4) is 0 Å². The second-order valence-corrected chi connectivity index (χ2v) is 6.25. The average Bonchev–Trinajstić information content (AvgIpc) is 2.35. The van der Waals surface area contributed by atoms with Crippen LogP contribution in [-0.2, 0) is 6.42 Å². The third-order valence-corrected chi connectivity index (χ3v) is 4.07. The van der Waals surface area contributed by atoms with E-state index in [2.05, 4.69) is 21.2 Å². The highest BCUT2D eigenvalue weighted by Gasteiger charge is 2.14.